The van der Waals surface area contributed by atoms with Crippen LogP contribution in [0.2, 0.25) is 0 Å². The predicted octanol–water partition coefficient (Wildman–Crippen LogP) is 1.52. The van der Waals surface area contributed by atoms with E-state index in [0.29, 0.717) is 19.3 Å². The summed E-state index contributed by atoms with van der Waals surface area (Å²) in [5.74, 6) is -1.36. The standard InChI is InChI=1S/C7H10N2O4/c10-6(8-12)4-2-1-3-5-7(11)9-13/h1-5H2. The number of amides is 2. The molecular weight excluding hydrogens is 176 g/mol. The van der Waals surface area contributed by atoms with E-state index in [2.05, 4.69) is 10.4 Å². The maximum Gasteiger partial charge on any atom is 0.286 e. The lowest BCUT2D eigenvalue weighted by Gasteiger charge is -1.93. The van der Waals surface area contributed by atoms with Gasteiger partial charge in [-0.3, -0.25) is 9.59 Å². The van der Waals surface area contributed by atoms with Crippen LogP contribution in [-0.4, -0.2) is 11.8 Å². The van der Waals surface area contributed by atoms with E-state index in [4.69, 9.17) is 0 Å². The van der Waals surface area contributed by atoms with Gasteiger partial charge in [0.2, 0.25) is 0 Å². The summed E-state index contributed by atoms with van der Waals surface area (Å²) >= 11 is 0. The van der Waals surface area contributed by atoms with Crippen LogP contribution in [0.25, 0.3) is 0 Å². The van der Waals surface area contributed by atoms with Gasteiger partial charge in [0.1, 0.15) is 0 Å². The molecule has 0 saturated carbocycles. The topological polar surface area (TPSA) is 93.0 Å². The fourth-order valence-corrected chi connectivity index (χ4v) is 0.821. The normalized spacial score (nSPS) is 9.23. The minimum absolute atomic E-state index is 0.103. The Morgan fingerprint density at radius 1 is 0.769 bits per heavy atom. The molecule has 0 aliphatic carbocycles. The summed E-state index contributed by atoms with van der Waals surface area (Å²) in [4.78, 5) is 39.9. The zero-order chi connectivity index (χ0) is 10.1. The van der Waals surface area contributed by atoms with E-state index in [9.17, 15) is 19.4 Å². The van der Waals surface area contributed by atoms with Crippen molar-refractivity contribution in [1.82, 2.24) is 0 Å². The molecule has 6 heteroatoms. The highest BCUT2D eigenvalue weighted by Gasteiger charge is 2.02. The van der Waals surface area contributed by atoms with E-state index < -0.39 is 11.8 Å². The van der Waals surface area contributed by atoms with Gasteiger partial charge in [-0.05, 0) is 12.8 Å². The van der Waals surface area contributed by atoms with E-state index in [1.807, 2.05) is 0 Å². The van der Waals surface area contributed by atoms with E-state index in [0.717, 1.165) is 0 Å². The van der Waals surface area contributed by atoms with Gasteiger partial charge in [-0.15, -0.1) is 9.81 Å². The van der Waals surface area contributed by atoms with E-state index in [-0.39, 0.29) is 12.8 Å². The van der Waals surface area contributed by atoms with Gasteiger partial charge in [0.15, 0.2) is 0 Å². The first kappa shape index (κ1) is 11.5. The van der Waals surface area contributed by atoms with Crippen molar-refractivity contribution in [2.45, 2.75) is 32.1 Å². The Bertz CT molecular complexity index is 193. The van der Waals surface area contributed by atoms with Crippen molar-refractivity contribution in [3.8, 4) is 0 Å². The van der Waals surface area contributed by atoms with Crippen LogP contribution in [0.4, 0.5) is 0 Å². The molecule has 0 heterocycles. The molecule has 6 nitrogen and oxygen atoms in total. The van der Waals surface area contributed by atoms with E-state index >= 15 is 0 Å². The molecule has 0 saturated heterocycles. The molecule has 0 spiro atoms. The number of nitroso groups, excluding NO2 is 2. The second-order valence-corrected chi connectivity index (χ2v) is 2.53. The Morgan fingerprint density at radius 2 is 1.15 bits per heavy atom. The number of hydrogen-bond acceptors (Lipinski definition) is 4. The van der Waals surface area contributed by atoms with Crippen LogP contribution in [0.15, 0.2) is 10.4 Å². The van der Waals surface area contributed by atoms with E-state index in [1.54, 1.807) is 0 Å². The largest absolute Gasteiger partial charge is 0.286 e. The lowest BCUT2D eigenvalue weighted by molar-refractivity contribution is -0.118. The maximum absolute atomic E-state index is 10.4. The lowest BCUT2D eigenvalue weighted by atomic mass is 10.1. The average Bonchev–Trinajstić information content (AvgIpc) is 2.16. The Labute approximate surface area is 74.6 Å². The third-order valence-corrected chi connectivity index (χ3v) is 1.48. The second-order valence-electron chi connectivity index (χ2n) is 2.53. The molecule has 0 aromatic heterocycles. The van der Waals surface area contributed by atoms with Gasteiger partial charge in [-0.25, -0.2) is 0 Å². The van der Waals surface area contributed by atoms with Gasteiger partial charge in [-0.1, -0.05) is 6.42 Å². The summed E-state index contributed by atoms with van der Waals surface area (Å²) in [5.41, 5.74) is 0. The maximum atomic E-state index is 10.4. The number of unbranched alkanes of at least 4 members (excludes halogenated alkanes) is 2. The Kier molecular flexibility index (Phi) is 6.39. The van der Waals surface area contributed by atoms with Crippen LogP contribution in [0.3, 0.4) is 0 Å². The Balaban J connectivity index is 3.26. The van der Waals surface area contributed by atoms with Crippen LogP contribution in [0.1, 0.15) is 32.1 Å². The highest BCUT2D eigenvalue weighted by Crippen LogP contribution is 2.04. The Morgan fingerprint density at radius 3 is 1.46 bits per heavy atom. The van der Waals surface area contributed by atoms with Crippen molar-refractivity contribution in [2.75, 3.05) is 0 Å². The monoisotopic (exact) mass is 186 g/mol. The minimum Gasteiger partial charge on any atom is -0.269 e. The van der Waals surface area contributed by atoms with Crippen LogP contribution >= 0.6 is 0 Å². The molecule has 2 amide bonds. The zero-order valence-electron chi connectivity index (χ0n) is 7.06. The van der Waals surface area contributed by atoms with Crippen molar-refractivity contribution in [3.63, 3.8) is 0 Å². The van der Waals surface area contributed by atoms with Crippen molar-refractivity contribution in [3.05, 3.63) is 9.81 Å². The molecule has 0 aromatic carbocycles. The fourth-order valence-electron chi connectivity index (χ4n) is 0.821. The first-order chi connectivity index (χ1) is 6.20. The average molecular weight is 186 g/mol. The second kappa shape index (κ2) is 7.20. The first-order valence-corrected chi connectivity index (χ1v) is 3.93. The molecule has 0 N–H and O–H groups in total. The van der Waals surface area contributed by atoms with Gasteiger partial charge < -0.3 is 0 Å². The fraction of sp³-hybridized carbons (Fsp3) is 0.714. The summed E-state index contributed by atoms with van der Waals surface area (Å²) in [5, 5.41) is 4.43. The quantitative estimate of drug-likeness (QED) is 0.464. The molecule has 0 unspecified atom stereocenters. The van der Waals surface area contributed by atoms with Crippen molar-refractivity contribution >= 4 is 11.8 Å². The highest BCUT2D eigenvalue weighted by atomic mass is 16.3. The minimum atomic E-state index is -0.681. The van der Waals surface area contributed by atoms with Gasteiger partial charge in [-0.2, -0.15) is 0 Å². The molecule has 0 rings (SSSR count). The smallest absolute Gasteiger partial charge is 0.269 e. The molecule has 0 aliphatic rings. The summed E-state index contributed by atoms with van der Waals surface area (Å²) in [6.07, 6.45) is 1.84. The molecule has 0 bridgehead atoms. The summed E-state index contributed by atoms with van der Waals surface area (Å²) in [6, 6.07) is 0. The Hall–Kier alpha value is -1.46. The van der Waals surface area contributed by atoms with Crippen LogP contribution in [0.5, 0.6) is 0 Å². The van der Waals surface area contributed by atoms with Crippen molar-refractivity contribution < 1.29 is 9.59 Å². The predicted molar refractivity (Wildman–Crippen MR) is 44.7 cm³/mol. The number of hydrogen-bond donors (Lipinski definition) is 0. The number of carbonyl (C=O) groups excluding carboxylic acids is 2. The molecule has 0 fully saturated rings. The van der Waals surface area contributed by atoms with Crippen molar-refractivity contribution in [1.29, 1.82) is 0 Å². The van der Waals surface area contributed by atoms with Gasteiger partial charge in [0, 0.05) is 23.2 Å². The summed E-state index contributed by atoms with van der Waals surface area (Å²) in [7, 11) is 0. The number of rotatable bonds is 6. The first-order valence-electron chi connectivity index (χ1n) is 3.93. The highest BCUT2D eigenvalue weighted by molar-refractivity contribution is 5.77. The van der Waals surface area contributed by atoms with E-state index in [1.165, 1.54) is 0 Å². The molecule has 0 aromatic rings. The summed E-state index contributed by atoms with van der Waals surface area (Å²) < 4.78 is 0. The zero-order valence-corrected chi connectivity index (χ0v) is 7.06. The molecule has 13 heavy (non-hydrogen) atoms. The van der Waals surface area contributed by atoms with Gasteiger partial charge >= 0.3 is 0 Å². The SMILES string of the molecule is O=NC(=O)CCCCCC(=O)N=O. The van der Waals surface area contributed by atoms with Gasteiger partial charge in [0.25, 0.3) is 11.8 Å². The van der Waals surface area contributed by atoms with Crippen LogP contribution < -0.4 is 0 Å². The number of carbonyl (C=O) groups is 2. The van der Waals surface area contributed by atoms with Crippen LogP contribution in [0, 0.1) is 9.81 Å². The molecule has 0 atom stereocenters. The van der Waals surface area contributed by atoms with Crippen molar-refractivity contribution in [2.24, 2.45) is 10.4 Å². The molecule has 0 aliphatic heterocycles. The third-order valence-electron chi connectivity index (χ3n) is 1.48. The van der Waals surface area contributed by atoms with Gasteiger partial charge in [0.05, 0.1) is 0 Å². The third kappa shape index (κ3) is 6.92. The lowest BCUT2D eigenvalue weighted by Crippen LogP contribution is -1.94. The molecule has 72 valence electrons. The number of nitrogens with zero attached hydrogens (tertiary/aromatic N) is 2. The molecule has 0 radical (unpaired) electrons. The molecular formula is C7H10N2O4. The van der Waals surface area contributed by atoms with Crippen LogP contribution in [-0.2, 0) is 9.59 Å². The summed E-state index contributed by atoms with van der Waals surface area (Å²) in [6.45, 7) is 0.